The van der Waals surface area contributed by atoms with Gasteiger partial charge in [0.1, 0.15) is 5.75 Å². The summed E-state index contributed by atoms with van der Waals surface area (Å²) >= 11 is 1.68. The molecule has 1 aliphatic rings. The van der Waals surface area contributed by atoms with Gasteiger partial charge in [-0.15, -0.1) is 11.8 Å². The first-order chi connectivity index (χ1) is 11.7. The van der Waals surface area contributed by atoms with Crippen LogP contribution in [0.2, 0.25) is 0 Å². The molecule has 5 heteroatoms. The molecular formula is C19H22N2O2S. The fourth-order valence-corrected chi connectivity index (χ4v) is 3.37. The van der Waals surface area contributed by atoms with Crippen LogP contribution in [0.4, 0.5) is 5.69 Å². The van der Waals surface area contributed by atoms with Crippen molar-refractivity contribution in [2.45, 2.75) is 4.90 Å². The highest BCUT2D eigenvalue weighted by Gasteiger charge is 2.23. The van der Waals surface area contributed by atoms with Crippen LogP contribution < -0.4 is 9.64 Å². The Balaban J connectivity index is 1.65. The Morgan fingerprint density at radius 2 is 1.67 bits per heavy atom. The first-order valence-corrected chi connectivity index (χ1v) is 9.26. The number of hydrogen-bond acceptors (Lipinski definition) is 4. The number of methoxy groups -OCH3 is 1. The lowest BCUT2D eigenvalue weighted by molar-refractivity contribution is 0.0746. The number of anilines is 1. The van der Waals surface area contributed by atoms with E-state index in [1.54, 1.807) is 18.9 Å². The zero-order chi connectivity index (χ0) is 16.9. The van der Waals surface area contributed by atoms with E-state index in [1.165, 1.54) is 4.90 Å². The van der Waals surface area contributed by atoms with Gasteiger partial charge in [-0.1, -0.05) is 12.1 Å². The Bertz CT molecular complexity index is 695. The van der Waals surface area contributed by atoms with Crippen molar-refractivity contribution in [3.63, 3.8) is 0 Å². The number of carbonyl (C=O) groups excluding carboxylic acids is 1. The third-order valence-corrected chi connectivity index (χ3v) is 5.07. The molecule has 1 amide bonds. The van der Waals surface area contributed by atoms with Crippen LogP contribution in [0.15, 0.2) is 53.4 Å². The second-order valence-electron chi connectivity index (χ2n) is 5.68. The molecule has 2 aromatic rings. The number of thioether (sulfide) groups is 1. The predicted octanol–water partition coefficient (Wildman–Crippen LogP) is 3.38. The van der Waals surface area contributed by atoms with E-state index in [1.807, 2.05) is 53.6 Å². The number of para-hydroxylation sites is 2. The molecule has 1 aliphatic heterocycles. The van der Waals surface area contributed by atoms with Gasteiger partial charge in [-0.25, -0.2) is 0 Å². The summed E-state index contributed by atoms with van der Waals surface area (Å²) in [5.41, 5.74) is 1.86. The number of amides is 1. The van der Waals surface area contributed by atoms with Crippen LogP contribution in [0.5, 0.6) is 5.75 Å². The highest BCUT2D eigenvalue weighted by Crippen LogP contribution is 2.28. The van der Waals surface area contributed by atoms with E-state index in [0.29, 0.717) is 0 Å². The maximum atomic E-state index is 12.6. The van der Waals surface area contributed by atoms with Crippen molar-refractivity contribution in [2.24, 2.45) is 0 Å². The number of ether oxygens (including phenoxy) is 1. The number of rotatable bonds is 4. The van der Waals surface area contributed by atoms with Crippen molar-refractivity contribution >= 4 is 23.4 Å². The fourth-order valence-electron chi connectivity index (χ4n) is 2.96. The van der Waals surface area contributed by atoms with E-state index < -0.39 is 0 Å². The van der Waals surface area contributed by atoms with Gasteiger partial charge in [0.2, 0.25) is 0 Å². The number of nitrogens with zero attached hydrogens (tertiary/aromatic N) is 2. The number of carbonyl (C=O) groups is 1. The van der Waals surface area contributed by atoms with E-state index in [4.69, 9.17) is 4.74 Å². The van der Waals surface area contributed by atoms with E-state index in [-0.39, 0.29) is 5.91 Å². The summed E-state index contributed by atoms with van der Waals surface area (Å²) < 4.78 is 5.44. The van der Waals surface area contributed by atoms with Crippen molar-refractivity contribution in [1.82, 2.24) is 4.90 Å². The zero-order valence-electron chi connectivity index (χ0n) is 14.1. The number of piperazine rings is 1. The van der Waals surface area contributed by atoms with Gasteiger partial charge >= 0.3 is 0 Å². The van der Waals surface area contributed by atoms with E-state index in [2.05, 4.69) is 11.0 Å². The van der Waals surface area contributed by atoms with Gasteiger partial charge in [0.15, 0.2) is 0 Å². The van der Waals surface area contributed by atoms with Gasteiger partial charge in [0.25, 0.3) is 5.91 Å². The van der Waals surface area contributed by atoms with E-state index in [0.717, 1.165) is 43.2 Å². The maximum absolute atomic E-state index is 12.6. The summed E-state index contributed by atoms with van der Waals surface area (Å²) in [5, 5.41) is 0. The van der Waals surface area contributed by atoms with Crippen LogP contribution in [0, 0.1) is 0 Å². The summed E-state index contributed by atoms with van der Waals surface area (Å²) in [4.78, 5) is 18.0. The average Bonchev–Trinajstić information content (AvgIpc) is 2.67. The van der Waals surface area contributed by atoms with Crippen LogP contribution in [0.1, 0.15) is 10.4 Å². The van der Waals surface area contributed by atoms with Gasteiger partial charge in [0, 0.05) is 36.6 Å². The summed E-state index contributed by atoms with van der Waals surface area (Å²) in [6, 6.07) is 15.9. The third-order valence-electron chi connectivity index (χ3n) is 4.33. The Kier molecular flexibility index (Phi) is 5.30. The molecule has 0 spiro atoms. The molecule has 0 aliphatic carbocycles. The molecule has 0 unspecified atom stereocenters. The van der Waals surface area contributed by atoms with E-state index in [9.17, 15) is 4.79 Å². The third kappa shape index (κ3) is 3.51. The fraction of sp³-hybridized carbons (Fsp3) is 0.316. The van der Waals surface area contributed by atoms with Crippen molar-refractivity contribution in [1.29, 1.82) is 0 Å². The summed E-state index contributed by atoms with van der Waals surface area (Å²) in [7, 11) is 1.69. The van der Waals surface area contributed by atoms with Crippen LogP contribution in [-0.4, -0.2) is 50.4 Å². The second kappa shape index (κ2) is 7.62. The maximum Gasteiger partial charge on any atom is 0.253 e. The Morgan fingerprint density at radius 1 is 1.00 bits per heavy atom. The van der Waals surface area contributed by atoms with Gasteiger partial charge in [-0.3, -0.25) is 4.79 Å². The minimum atomic E-state index is 0.113. The van der Waals surface area contributed by atoms with Crippen LogP contribution in [0.25, 0.3) is 0 Å². The molecule has 24 heavy (non-hydrogen) atoms. The first-order valence-electron chi connectivity index (χ1n) is 8.04. The molecule has 0 aromatic heterocycles. The predicted molar refractivity (Wildman–Crippen MR) is 99.3 cm³/mol. The van der Waals surface area contributed by atoms with E-state index >= 15 is 0 Å². The summed E-state index contributed by atoms with van der Waals surface area (Å²) in [6.45, 7) is 3.08. The highest BCUT2D eigenvalue weighted by molar-refractivity contribution is 7.98. The molecule has 1 saturated heterocycles. The van der Waals surface area contributed by atoms with Crippen LogP contribution in [-0.2, 0) is 0 Å². The topological polar surface area (TPSA) is 32.8 Å². The SMILES string of the molecule is COc1ccccc1N1CCN(C(=O)c2ccc(SC)cc2)CC1. The largest absolute Gasteiger partial charge is 0.495 e. The minimum absolute atomic E-state index is 0.113. The normalized spacial score (nSPS) is 14.6. The van der Waals surface area contributed by atoms with Gasteiger partial charge in [0.05, 0.1) is 12.8 Å². The molecule has 0 bridgehead atoms. The Hall–Kier alpha value is -2.14. The smallest absolute Gasteiger partial charge is 0.253 e. The molecule has 3 rings (SSSR count). The van der Waals surface area contributed by atoms with Gasteiger partial charge in [-0.2, -0.15) is 0 Å². The quantitative estimate of drug-likeness (QED) is 0.798. The molecule has 126 valence electrons. The molecule has 0 radical (unpaired) electrons. The van der Waals surface area contributed by atoms with Crippen molar-refractivity contribution in [3.8, 4) is 5.75 Å². The lowest BCUT2D eigenvalue weighted by Gasteiger charge is -2.36. The highest BCUT2D eigenvalue weighted by atomic mass is 32.2. The van der Waals surface area contributed by atoms with Gasteiger partial charge < -0.3 is 14.5 Å². The molecule has 0 saturated carbocycles. The van der Waals surface area contributed by atoms with Crippen LogP contribution >= 0.6 is 11.8 Å². The molecule has 1 fully saturated rings. The second-order valence-corrected chi connectivity index (χ2v) is 6.56. The summed E-state index contributed by atoms with van der Waals surface area (Å²) in [5.74, 6) is 0.993. The average molecular weight is 342 g/mol. The van der Waals surface area contributed by atoms with Gasteiger partial charge in [-0.05, 0) is 42.7 Å². The molecule has 1 heterocycles. The molecule has 4 nitrogen and oxygen atoms in total. The van der Waals surface area contributed by atoms with Crippen molar-refractivity contribution in [3.05, 3.63) is 54.1 Å². The van der Waals surface area contributed by atoms with Crippen molar-refractivity contribution in [2.75, 3.05) is 44.4 Å². The Labute approximate surface area is 147 Å². The monoisotopic (exact) mass is 342 g/mol. The Morgan fingerprint density at radius 3 is 2.29 bits per heavy atom. The molecule has 0 N–H and O–H groups in total. The lowest BCUT2D eigenvalue weighted by atomic mass is 10.1. The van der Waals surface area contributed by atoms with Crippen LogP contribution in [0.3, 0.4) is 0 Å². The summed E-state index contributed by atoms with van der Waals surface area (Å²) in [6.07, 6.45) is 2.04. The molecule has 2 aromatic carbocycles. The zero-order valence-corrected chi connectivity index (χ0v) is 14.9. The first kappa shape index (κ1) is 16.7. The molecular weight excluding hydrogens is 320 g/mol. The number of benzene rings is 2. The number of hydrogen-bond donors (Lipinski definition) is 0. The van der Waals surface area contributed by atoms with Crippen molar-refractivity contribution < 1.29 is 9.53 Å². The molecule has 0 atom stereocenters. The minimum Gasteiger partial charge on any atom is -0.495 e. The standard InChI is InChI=1S/C19H22N2O2S/c1-23-18-6-4-3-5-17(18)20-11-13-21(14-12-20)19(22)15-7-9-16(24-2)10-8-15/h3-10H,11-14H2,1-2H3. The lowest BCUT2D eigenvalue weighted by Crippen LogP contribution is -2.48.